The van der Waals surface area contributed by atoms with Gasteiger partial charge in [0.2, 0.25) is 0 Å². The molecule has 62 valence electrons. The number of methoxy groups -OCH3 is 1. The molecule has 0 fully saturated rings. The minimum atomic E-state index is -2.59. The summed E-state index contributed by atoms with van der Waals surface area (Å²) < 4.78 is 28.8. The molecule has 0 saturated heterocycles. The molecule has 0 spiro atoms. The molecule has 0 aliphatic heterocycles. The average Bonchev–Trinajstić information content (AvgIpc) is 2.30. The molecule has 5 heteroatoms. The van der Waals surface area contributed by atoms with Crippen molar-refractivity contribution < 1.29 is 13.5 Å². The van der Waals surface area contributed by atoms with Crippen molar-refractivity contribution >= 4 is 0 Å². The molecule has 0 atom stereocenters. The van der Waals surface area contributed by atoms with Crippen LogP contribution >= 0.6 is 0 Å². The van der Waals surface area contributed by atoms with Gasteiger partial charge in [-0.2, -0.15) is 5.10 Å². The molecule has 0 radical (unpaired) electrons. The Morgan fingerprint density at radius 3 is 2.55 bits per heavy atom. The van der Waals surface area contributed by atoms with E-state index in [4.69, 9.17) is 4.74 Å². The number of ether oxygens (including phenoxy) is 1. The summed E-state index contributed by atoms with van der Waals surface area (Å²) in [5.41, 5.74) is 0.188. The Balaban J connectivity index is 3.05. The second-order valence-corrected chi connectivity index (χ2v) is 2.07. The largest absolute Gasteiger partial charge is 0.493 e. The molecule has 0 unspecified atom stereocenters. The maximum Gasteiger partial charge on any atom is 0.285 e. The Labute approximate surface area is 62.4 Å². The smallest absolute Gasteiger partial charge is 0.285 e. The summed E-state index contributed by atoms with van der Waals surface area (Å²) in [6, 6.07) is 0. The number of hydrogen-bond acceptors (Lipinski definition) is 2. The Hall–Kier alpha value is -1.13. The average molecular weight is 162 g/mol. The summed E-state index contributed by atoms with van der Waals surface area (Å²) in [5, 5.41) is 5.80. The van der Waals surface area contributed by atoms with Gasteiger partial charge in [-0.25, -0.2) is 8.78 Å². The molecule has 0 amide bonds. The molecule has 1 heterocycles. The van der Waals surface area contributed by atoms with Gasteiger partial charge >= 0.3 is 0 Å². The van der Waals surface area contributed by atoms with Crippen molar-refractivity contribution in [2.45, 2.75) is 13.3 Å². The van der Waals surface area contributed by atoms with Crippen LogP contribution in [0.2, 0.25) is 0 Å². The molecule has 0 aliphatic rings. The lowest BCUT2D eigenvalue weighted by atomic mass is 10.3. The van der Waals surface area contributed by atoms with Gasteiger partial charge in [0.05, 0.1) is 12.8 Å². The monoisotopic (exact) mass is 162 g/mol. The fourth-order valence-electron chi connectivity index (χ4n) is 0.843. The third-order valence-corrected chi connectivity index (χ3v) is 1.33. The molecular formula is C6H8F2N2O. The van der Waals surface area contributed by atoms with Gasteiger partial charge in [0, 0.05) is 0 Å². The molecule has 0 saturated carbocycles. The molecule has 1 N–H and O–H groups in total. The van der Waals surface area contributed by atoms with E-state index in [9.17, 15) is 8.78 Å². The van der Waals surface area contributed by atoms with E-state index in [2.05, 4.69) is 10.2 Å². The maximum absolute atomic E-state index is 12.1. The highest BCUT2D eigenvalue weighted by Crippen LogP contribution is 2.28. The summed E-state index contributed by atoms with van der Waals surface area (Å²) in [4.78, 5) is 0. The number of alkyl halides is 2. The van der Waals surface area contributed by atoms with Crippen LogP contribution in [-0.4, -0.2) is 17.3 Å². The summed E-state index contributed by atoms with van der Waals surface area (Å²) in [5.74, 6) is 0.139. The zero-order valence-electron chi connectivity index (χ0n) is 6.19. The zero-order chi connectivity index (χ0) is 8.43. The Morgan fingerprint density at radius 1 is 1.55 bits per heavy atom. The van der Waals surface area contributed by atoms with Crippen LogP contribution in [0.3, 0.4) is 0 Å². The Bertz CT molecular complexity index is 247. The quantitative estimate of drug-likeness (QED) is 0.718. The van der Waals surface area contributed by atoms with Crippen molar-refractivity contribution in [2.24, 2.45) is 0 Å². The van der Waals surface area contributed by atoms with E-state index >= 15 is 0 Å². The number of aromatic amines is 1. The van der Waals surface area contributed by atoms with Crippen LogP contribution in [-0.2, 0) is 0 Å². The number of rotatable bonds is 2. The van der Waals surface area contributed by atoms with Gasteiger partial charge in [-0.1, -0.05) is 0 Å². The highest BCUT2D eigenvalue weighted by atomic mass is 19.3. The van der Waals surface area contributed by atoms with Crippen molar-refractivity contribution in [1.82, 2.24) is 10.2 Å². The van der Waals surface area contributed by atoms with Crippen LogP contribution < -0.4 is 4.74 Å². The highest BCUT2D eigenvalue weighted by molar-refractivity contribution is 5.32. The van der Waals surface area contributed by atoms with Gasteiger partial charge in [-0.15, -0.1) is 0 Å². The molecular weight excluding hydrogens is 154 g/mol. The molecule has 1 aromatic rings. The number of halogens is 2. The van der Waals surface area contributed by atoms with Crippen LogP contribution in [0.5, 0.6) is 5.75 Å². The second-order valence-electron chi connectivity index (χ2n) is 2.07. The highest BCUT2D eigenvalue weighted by Gasteiger charge is 2.19. The Morgan fingerprint density at radius 2 is 2.18 bits per heavy atom. The maximum atomic E-state index is 12.1. The predicted octanol–water partition coefficient (Wildman–Crippen LogP) is 1.66. The van der Waals surface area contributed by atoms with E-state index in [-0.39, 0.29) is 11.4 Å². The van der Waals surface area contributed by atoms with E-state index in [0.29, 0.717) is 5.69 Å². The standard InChI is InChI=1S/C6H8F2N2O/c1-3-5(11-2)4(6(7)8)10-9-3/h6H,1-2H3,(H,9,10). The minimum Gasteiger partial charge on any atom is -0.493 e. The normalized spacial score (nSPS) is 10.6. The lowest BCUT2D eigenvalue weighted by Gasteiger charge is -1.99. The minimum absolute atomic E-state index is 0.139. The van der Waals surface area contributed by atoms with Crippen LogP contribution in [0, 0.1) is 6.92 Å². The SMILES string of the molecule is COc1c(C(F)F)n[nH]c1C. The van der Waals surface area contributed by atoms with Gasteiger partial charge in [0.15, 0.2) is 11.4 Å². The molecule has 0 aromatic carbocycles. The van der Waals surface area contributed by atoms with Gasteiger partial charge in [0.25, 0.3) is 6.43 Å². The number of aryl methyl sites for hydroxylation is 1. The topological polar surface area (TPSA) is 37.9 Å². The van der Waals surface area contributed by atoms with Gasteiger partial charge in [-0.05, 0) is 6.92 Å². The summed E-state index contributed by atoms with van der Waals surface area (Å²) >= 11 is 0. The van der Waals surface area contributed by atoms with Crippen LogP contribution in [0.4, 0.5) is 8.78 Å². The van der Waals surface area contributed by atoms with Crippen molar-refractivity contribution in [1.29, 1.82) is 0 Å². The molecule has 1 aromatic heterocycles. The summed E-state index contributed by atoms with van der Waals surface area (Å²) in [6.45, 7) is 1.62. The molecule has 3 nitrogen and oxygen atoms in total. The van der Waals surface area contributed by atoms with Crippen molar-refractivity contribution in [3.8, 4) is 5.75 Å². The summed E-state index contributed by atoms with van der Waals surface area (Å²) in [7, 11) is 1.34. The number of aromatic nitrogens is 2. The zero-order valence-corrected chi connectivity index (χ0v) is 6.19. The fraction of sp³-hybridized carbons (Fsp3) is 0.500. The fourth-order valence-corrected chi connectivity index (χ4v) is 0.843. The lowest BCUT2D eigenvalue weighted by molar-refractivity contribution is 0.142. The van der Waals surface area contributed by atoms with Crippen molar-refractivity contribution in [2.75, 3.05) is 7.11 Å². The first-order chi connectivity index (χ1) is 5.16. The Kier molecular flexibility index (Phi) is 2.07. The predicted molar refractivity (Wildman–Crippen MR) is 34.8 cm³/mol. The number of nitrogens with one attached hydrogen (secondary N) is 1. The van der Waals surface area contributed by atoms with E-state index in [1.165, 1.54) is 7.11 Å². The second kappa shape index (κ2) is 2.86. The van der Waals surface area contributed by atoms with Crippen LogP contribution in [0.25, 0.3) is 0 Å². The number of hydrogen-bond donors (Lipinski definition) is 1. The number of nitrogens with zero attached hydrogens (tertiary/aromatic N) is 1. The van der Waals surface area contributed by atoms with Crippen molar-refractivity contribution in [3.05, 3.63) is 11.4 Å². The first-order valence-electron chi connectivity index (χ1n) is 3.03. The van der Waals surface area contributed by atoms with E-state index in [1.807, 2.05) is 0 Å². The number of H-pyrrole nitrogens is 1. The van der Waals surface area contributed by atoms with Gasteiger partial charge in [-0.3, -0.25) is 5.10 Å². The third kappa shape index (κ3) is 1.31. The molecule has 1 rings (SSSR count). The van der Waals surface area contributed by atoms with E-state index < -0.39 is 6.43 Å². The van der Waals surface area contributed by atoms with E-state index in [0.717, 1.165) is 0 Å². The lowest BCUT2D eigenvalue weighted by Crippen LogP contribution is -1.90. The molecule has 0 aliphatic carbocycles. The van der Waals surface area contributed by atoms with E-state index in [1.54, 1.807) is 6.92 Å². The molecule has 0 bridgehead atoms. The summed E-state index contributed by atoms with van der Waals surface area (Å²) in [6.07, 6.45) is -2.59. The molecule has 11 heavy (non-hydrogen) atoms. The first kappa shape index (κ1) is 7.97. The van der Waals surface area contributed by atoms with Gasteiger partial charge in [0.1, 0.15) is 0 Å². The first-order valence-corrected chi connectivity index (χ1v) is 3.03. The van der Waals surface area contributed by atoms with Crippen LogP contribution in [0.1, 0.15) is 17.8 Å². The van der Waals surface area contributed by atoms with Crippen LogP contribution in [0.15, 0.2) is 0 Å². The third-order valence-electron chi connectivity index (χ3n) is 1.33. The van der Waals surface area contributed by atoms with Gasteiger partial charge < -0.3 is 4.74 Å². The van der Waals surface area contributed by atoms with Crippen molar-refractivity contribution in [3.63, 3.8) is 0 Å².